The van der Waals surface area contributed by atoms with Crippen LogP contribution in [0.1, 0.15) is 25.8 Å². The molecule has 0 aliphatic heterocycles. The molecular weight excluding hydrogens is 256 g/mol. The van der Waals surface area contributed by atoms with Crippen LogP contribution in [0.25, 0.3) is 0 Å². The summed E-state index contributed by atoms with van der Waals surface area (Å²) in [6.45, 7) is 3.82. The van der Waals surface area contributed by atoms with E-state index in [9.17, 15) is 4.79 Å². The fourth-order valence-corrected chi connectivity index (χ4v) is 1.89. The van der Waals surface area contributed by atoms with Gasteiger partial charge in [-0.2, -0.15) is 10.4 Å². The van der Waals surface area contributed by atoms with Gasteiger partial charge in [0.05, 0.1) is 12.5 Å². The van der Waals surface area contributed by atoms with E-state index in [1.54, 1.807) is 11.8 Å². The topological polar surface area (TPSA) is 78.0 Å². The second kappa shape index (κ2) is 8.27. The number of carbonyl (C=O) groups is 1. The highest BCUT2D eigenvalue weighted by molar-refractivity contribution is 5.79. The normalized spacial score (nSPS) is 12.2. The Balaban J connectivity index is 2.61. The van der Waals surface area contributed by atoms with Crippen LogP contribution in [0, 0.1) is 11.3 Å². The Labute approximate surface area is 119 Å². The van der Waals surface area contributed by atoms with Crippen molar-refractivity contribution < 1.29 is 4.79 Å². The summed E-state index contributed by atoms with van der Waals surface area (Å²) < 4.78 is 1.54. The third kappa shape index (κ3) is 4.97. The minimum atomic E-state index is -0.393. The maximum atomic E-state index is 12.4. The van der Waals surface area contributed by atoms with Gasteiger partial charge in [-0.15, -0.1) is 0 Å². The first-order chi connectivity index (χ1) is 9.56. The fourth-order valence-electron chi connectivity index (χ4n) is 1.89. The van der Waals surface area contributed by atoms with Crippen LogP contribution in [-0.2, 0) is 4.79 Å². The van der Waals surface area contributed by atoms with Crippen LogP contribution >= 0.6 is 0 Å². The first-order valence-electron chi connectivity index (χ1n) is 6.71. The molecule has 0 bridgehead atoms. The molecule has 1 aromatic heterocycles. The van der Waals surface area contributed by atoms with E-state index in [-0.39, 0.29) is 5.91 Å². The Morgan fingerprint density at radius 1 is 1.40 bits per heavy atom. The Hall–Kier alpha value is -1.94. The van der Waals surface area contributed by atoms with E-state index in [1.165, 1.54) is 17.3 Å². The SMILES string of the molecule is CC(C(=O)N(CCC#N)CCCN(C)C)n1cncn1. The van der Waals surface area contributed by atoms with Gasteiger partial charge in [0.15, 0.2) is 0 Å². The van der Waals surface area contributed by atoms with Gasteiger partial charge in [0.25, 0.3) is 0 Å². The average Bonchev–Trinajstić information content (AvgIpc) is 2.94. The van der Waals surface area contributed by atoms with E-state index < -0.39 is 6.04 Å². The molecule has 0 N–H and O–H groups in total. The Kier molecular flexibility index (Phi) is 6.67. The monoisotopic (exact) mass is 278 g/mol. The number of aromatic nitrogens is 3. The molecular formula is C13H22N6O. The molecule has 0 aliphatic carbocycles. The van der Waals surface area contributed by atoms with E-state index >= 15 is 0 Å². The molecule has 1 atom stereocenters. The summed E-state index contributed by atoms with van der Waals surface area (Å²) >= 11 is 0. The van der Waals surface area contributed by atoms with Crippen LogP contribution in [0.15, 0.2) is 12.7 Å². The average molecular weight is 278 g/mol. The van der Waals surface area contributed by atoms with Gasteiger partial charge in [0.2, 0.25) is 5.91 Å². The van der Waals surface area contributed by atoms with Crippen molar-refractivity contribution in [2.24, 2.45) is 0 Å². The van der Waals surface area contributed by atoms with Gasteiger partial charge in [-0.25, -0.2) is 9.67 Å². The highest BCUT2D eigenvalue weighted by Gasteiger charge is 2.21. The van der Waals surface area contributed by atoms with Crippen molar-refractivity contribution in [1.29, 1.82) is 5.26 Å². The smallest absolute Gasteiger partial charge is 0.247 e. The van der Waals surface area contributed by atoms with Crippen LogP contribution in [-0.4, -0.2) is 64.2 Å². The number of carbonyl (C=O) groups excluding carboxylic acids is 1. The van der Waals surface area contributed by atoms with Crippen molar-refractivity contribution in [3.05, 3.63) is 12.7 Å². The molecule has 0 radical (unpaired) electrons. The molecule has 1 unspecified atom stereocenters. The molecule has 1 rings (SSSR count). The van der Waals surface area contributed by atoms with E-state index in [1.807, 2.05) is 14.1 Å². The molecule has 0 aromatic carbocycles. The Bertz CT molecular complexity index is 436. The summed E-state index contributed by atoms with van der Waals surface area (Å²) in [7, 11) is 4.00. The molecule has 1 heterocycles. The lowest BCUT2D eigenvalue weighted by atomic mass is 10.2. The number of nitriles is 1. The van der Waals surface area contributed by atoms with Gasteiger partial charge in [-0.05, 0) is 34.0 Å². The predicted molar refractivity (Wildman–Crippen MR) is 74.7 cm³/mol. The molecule has 0 saturated heterocycles. The minimum Gasteiger partial charge on any atom is -0.340 e. The second-order valence-corrected chi connectivity index (χ2v) is 4.94. The highest BCUT2D eigenvalue weighted by Crippen LogP contribution is 2.09. The molecule has 1 aromatic rings. The molecule has 1 amide bonds. The summed E-state index contributed by atoms with van der Waals surface area (Å²) in [5.41, 5.74) is 0. The van der Waals surface area contributed by atoms with E-state index in [4.69, 9.17) is 5.26 Å². The molecule has 0 spiro atoms. The van der Waals surface area contributed by atoms with Crippen molar-refractivity contribution in [2.45, 2.75) is 25.8 Å². The first-order valence-corrected chi connectivity index (χ1v) is 6.71. The predicted octanol–water partition coefficient (Wildman–Crippen LogP) is 0.533. The number of nitrogens with zero attached hydrogens (tertiary/aromatic N) is 6. The summed E-state index contributed by atoms with van der Waals surface area (Å²) in [6, 6.07) is 1.69. The molecule has 7 nitrogen and oxygen atoms in total. The van der Waals surface area contributed by atoms with E-state index in [2.05, 4.69) is 21.1 Å². The molecule has 20 heavy (non-hydrogen) atoms. The molecule has 7 heteroatoms. The summed E-state index contributed by atoms with van der Waals surface area (Å²) in [4.78, 5) is 20.1. The standard InChI is InChI=1S/C13H22N6O/c1-12(19-11-15-10-16-19)13(20)18(8-4-6-14)9-5-7-17(2)3/h10-12H,4-5,7-9H2,1-3H3. The lowest BCUT2D eigenvalue weighted by Gasteiger charge is -2.25. The lowest BCUT2D eigenvalue weighted by molar-refractivity contribution is -0.134. The third-order valence-electron chi connectivity index (χ3n) is 3.03. The lowest BCUT2D eigenvalue weighted by Crippen LogP contribution is -2.38. The van der Waals surface area contributed by atoms with Crippen molar-refractivity contribution in [2.75, 3.05) is 33.7 Å². The van der Waals surface area contributed by atoms with Crippen LogP contribution in [0.4, 0.5) is 0 Å². The zero-order valence-corrected chi connectivity index (χ0v) is 12.4. The third-order valence-corrected chi connectivity index (χ3v) is 3.03. The minimum absolute atomic E-state index is 0.0236. The van der Waals surface area contributed by atoms with Crippen LogP contribution in [0.5, 0.6) is 0 Å². The first kappa shape index (κ1) is 16.1. The van der Waals surface area contributed by atoms with Gasteiger partial charge in [0.1, 0.15) is 18.7 Å². The van der Waals surface area contributed by atoms with Crippen LogP contribution in [0.2, 0.25) is 0 Å². The van der Waals surface area contributed by atoms with Crippen molar-refractivity contribution in [3.8, 4) is 6.07 Å². The summed E-state index contributed by atoms with van der Waals surface area (Å²) in [5, 5.41) is 12.7. The number of hydrogen-bond acceptors (Lipinski definition) is 5. The molecule has 0 aliphatic rings. The maximum absolute atomic E-state index is 12.4. The van der Waals surface area contributed by atoms with Crippen LogP contribution < -0.4 is 0 Å². The van der Waals surface area contributed by atoms with Gasteiger partial charge < -0.3 is 9.80 Å². The Morgan fingerprint density at radius 3 is 2.70 bits per heavy atom. The highest BCUT2D eigenvalue weighted by atomic mass is 16.2. The maximum Gasteiger partial charge on any atom is 0.247 e. The van der Waals surface area contributed by atoms with E-state index in [0.29, 0.717) is 19.5 Å². The van der Waals surface area contributed by atoms with Gasteiger partial charge in [0, 0.05) is 13.1 Å². The fraction of sp³-hybridized carbons (Fsp3) is 0.692. The molecule has 0 fully saturated rings. The largest absolute Gasteiger partial charge is 0.340 e. The summed E-state index contributed by atoms with van der Waals surface area (Å²) in [6.07, 6.45) is 4.17. The summed E-state index contributed by atoms with van der Waals surface area (Å²) in [5.74, 6) is -0.0236. The number of amides is 1. The quantitative estimate of drug-likeness (QED) is 0.693. The van der Waals surface area contributed by atoms with E-state index in [0.717, 1.165) is 13.0 Å². The molecule has 0 saturated carbocycles. The zero-order valence-electron chi connectivity index (χ0n) is 12.4. The second-order valence-electron chi connectivity index (χ2n) is 4.94. The number of hydrogen-bond donors (Lipinski definition) is 0. The van der Waals surface area contributed by atoms with Crippen molar-refractivity contribution >= 4 is 5.91 Å². The van der Waals surface area contributed by atoms with Crippen LogP contribution in [0.3, 0.4) is 0 Å². The van der Waals surface area contributed by atoms with Crippen molar-refractivity contribution in [3.63, 3.8) is 0 Å². The van der Waals surface area contributed by atoms with Crippen molar-refractivity contribution in [1.82, 2.24) is 24.6 Å². The van der Waals surface area contributed by atoms with Gasteiger partial charge >= 0.3 is 0 Å². The van der Waals surface area contributed by atoms with Gasteiger partial charge in [-0.1, -0.05) is 0 Å². The zero-order chi connectivity index (χ0) is 15.0. The Morgan fingerprint density at radius 2 is 2.15 bits per heavy atom. The number of rotatable bonds is 8. The molecule has 110 valence electrons. The van der Waals surface area contributed by atoms with Gasteiger partial charge in [-0.3, -0.25) is 4.79 Å².